The van der Waals surface area contributed by atoms with E-state index >= 15 is 0 Å². The summed E-state index contributed by atoms with van der Waals surface area (Å²) in [5, 5.41) is 0. The first-order chi connectivity index (χ1) is 13.9. The van der Waals surface area contributed by atoms with Gasteiger partial charge in [-0.1, -0.05) is 131 Å². The van der Waals surface area contributed by atoms with E-state index in [-0.39, 0.29) is 0 Å². The van der Waals surface area contributed by atoms with Gasteiger partial charge >= 0.3 is 0 Å². The molecule has 0 heterocycles. The Morgan fingerprint density at radius 1 is 0.379 bits per heavy atom. The molecule has 0 amide bonds. The van der Waals surface area contributed by atoms with Crippen molar-refractivity contribution < 1.29 is 0 Å². The zero-order valence-corrected chi connectivity index (χ0v) is 25.5. The van der Waals surface area contributed by atoms with Crippen molar-refractivity contribution in [3.8, 4) is 0 Å². The van der Waals surface area contributed by atoms with Gasteiger partial charge in [0, 0.05) is 0 Å². The predicted octanol–water partition coefficient (Wildman–Crippen LogP) is 10.8. The molecule has 0 rings (SSSR count). The van der Waals surface area contributed by atoms with Crippen LogP contribution in [0.4, 0.5) is 0 Å². The fourth-order valence-corrected chi connectivity index (χ4v) is 61.8. The maximum absolute atomic E-state index is 8.08. The molecule has 0 aliphatic heterocycles. The lowest BCUT2D eigenvalue weighted by molar-refractivity contribution is 0.817. The Labute approximate surface area is 197 Å². The summed E-state index contributed by atoms with van der Waals surface area (Å²) in [6, 6.07) is 8.40. The van der Waals surface area contributed by atoms with E-state index in [9.17, 15) is 0 Å². The second-order valence-electron chi connectivity index (χ2n) is 9.63. The zero-order chi connectivity index (χ0) is 22.2. The standard InChI is InChI=1S/C24H54Cl2Si3/c1-7-13-19-27(25,20-14-8-2)29(23-17-11-5,24-18-12-6)28(26,21-15-9-3)22-16-10-4/h7-24H2,1-6H3. The molecule has 0 aliphatic carbocycles. The molecule has 0 aromatic heterocycles. The summed E-state index contributed by atoms with van der Waals surface area (Å²) in [5.74, 6) is 0. The normalized spacial score (nSPS) is 13.2. The van der Waals surface area contributed by atoms with Crippen molar-refractivity contribution in [3.63, 3.8) is 0 Å². The minimum Gasteiger partial charge on any atom is -0.171 e. The highest BCUT2D eigenvalue weighted by Crippen LogP contribution is 2.51. The lowest BCUT2D eigenvalue weighted by Crippen LogP contribution is -2.73. The second kappa shape index (κ2) is 16.8. The van der Waals surface area contributed by atoms with Gasteiger partial charge in [-0.25, -0.2) is 0 Å². The number of rotatable bonds is 20. The highest BCUT2D eigenvalue weighted by Gasteiger charge is 2.63. The Hall–Kier alpha value is 1.23. The molecule has 0 saturated heterocycles. The molecule has 5 heteroatoms. The third-order valence-corrected chi connectivity index (χ3v) is 54.3. The van der Waals surface area contributed by atoms with E-state index < -0.39 is 20.9 Å². The average Bonchev–Trinajstić information content (AvgIpc) is 2.73. The van der Waals surface area contributed by atoms with Crippen molar-refractivity contribution in [2.75, 3.05) is 0 Å². The van der Waals surface area contributed by atoms with E-state index in [4.69, 9.17) is 22.2 Å². The monoisotopic (exact) mass is 496 g/mol. The number of hydrogen-bond acceptors (Lipinski definition) is 0. The van der Waals surface area contributed by atoms with E-state index in [2.05, 4.69) is 41.5 Å². The largest absolute Gasteiger partial charge is 0.171 e. The van der Waals surface area contributed by atoms with Crippen LogP contribution >= 0.6 is 22.2 Å². The van der Waals surface area contributed by atoms with Gasteiger partial charge in [0.1, 0.15) is 13.8 Å². The Morgan fingerprint density at radius 2 is 0.586 bits per heavy atom. The molecule has 29 heavy (non-hydrogen) atoms. The van der Waals surface area contributed by atoms with Gasteiger partial charge in [-0.2, -0.15) is 22.2 Å². The van der Waals surface area contributed by atoms with Crippen molar-refractivity contribution in [1.82, 2.24) is 0 Å². The molecule has 176 valence electrons. The number of unbranched alkanes of at least 4 members (excludes halogenated alkanes) is 6. The van der Waals surface area contributed by atoms with Crippen LogP contribution in [0.2, 0.25) is 36.3 Å². The minimum absolute atomic E-state index is 1.29. The van der Waals surface area contributed by atoms with E-state index in [0.717, 1.165) is 0 Å². The number of hydrogen-bond donors (Lipinski definition) is 0. The maximum Gasteiger partial charge on any atom is 0.146 e. The minimum atomic E-state index is -1.84. The quantitative estimate of drug-likeness (QED) is 0.116. The van der Waals surface area contributed by atoms with Crippen LogP contribution < -0.4 is 0 Å². The van der Waals surface area contributed by atoms with E-state index in [1.165, 1.54) is 113 Å². The molecule has 0 spiro atoms. The summed E-state index contributed by atoms with van der Waals surface area (Å²) in [6.45, 7) is 10.5. The molecule has 0 nitrogen and oxygen atoms in total. The van der Waals surface area contributed by atoms with Gasteiger partial charge in [-0.3, -0.25) is 0 Å². The first-order valence-electron chi connectivity index (χ1n) is 13.2. The Balaban J connectivity index is 6.47. The molecular formula is C24H54Cl2Si3. The van der Waals surface area contributed by atoms with Crippen LogP contribution in [0.25, 0.3) is 0 Å². The van der Waals surface area contributed by atoms with Gasteiger partial charge in [0.25, 0.3) is 0 Å². The Morgan fingerprint density at radius 3 is 0.793 bits per heavy atom. The third-order valence-electron chi connectivity index (χ3n) is 7.34. The Kier molecular flexibility index (Phi) is 17.5. The van der Waals surface area contributed by atoms with Gasteiger partial charge in [0.2, 0.25) is 0 Å². The van der Waals surface area contributed by atoms with Crippen LogP contribution in [0.1, 0.15) is 119 Å². The summed E-state index contributed by atoms with van der Waals surface area (Å²) in [6.07, 6.45) is 15.9. The van der Waals surface area contributed by atoms with Crippen LogP contribution in [0.15, 0.2) is 0 Å². The van der Waals surface area contributed by atoms with Gasteiger partial charge < -0.3 is 0 Å². The lowest BCUT2D eigenvalue weighted by Gasteiger charge is -2.53. The van der Waals surface area contributed by atoms with Gasteiger partial charge in [0.15, 0.2) is 0 Å². The average molecular weight is 498 g/mol. The van der Waals surface area contributed by atoms with Gasteiger partial charge in [-0.05, 0) is 24.2 Å². The predicted molar refractivity (Wildman–Crippen MR) is 147 cm³/mol. The van der Waals surface area contributed by atoms with E-state index in [0.29, 0.717) is 0 Å². The highest BCUT2D eigenvalue weighted by molar-refractivity contribution is 7.85. The molecule has 0 saturated carbocycles. The molecule has 0 fully saturated rings. The highest BCUT2D eigenvalue weighted by atomic mass is 35.6. The number of halogens is 2. The van der Waals surface area contributed by atoms with E-state index in [1.807, 2.05) is 0 Å². The molecule has 0 unspecified atom stereocenters. The molecule has 0 atom stereocenters. The Bertz CT molecular complexity index is 338. The third kappa shape index (κ3) is 8.94. The van der Waals surface area contributed by atoms with Crippen molar-refractivity contribution in [3.05, 3.63) is 0 Å². The summed E-state index contributed by atoms with van der Waals surface area (Å²) in [4.78, 5) is 0. The van der Waals surface area contributed by atoms with Crippen LogP contribution in [0.5, 0.6) is 0 Å². The lowest BCUT2D eigenvalue weighted by atomic mass is 10.4. The molecule has 0 aromatic carbocycles. The topological polar surface area (TPSA) is 0 Å². The van der Waals surface area contributed by atoms with E-state index in [1.54, 1.807) is 0 Å². The molecule has 0 bridgehead atoms. The SMILES string of the molecule is CCCC[Si](Cl)(CCCC)[Si](CCCC)(CCCC)[Si](Cl)(CCCC)CCCC. The van der Waals surface area contributed by atoms with Crippen LogP contribution in [0.3, 0.4) is 0 Å². The van der Waals surface area contributed by atoms with Crippen molar-refractivity contribution in [1.29, 1.82) is 0 Å². The van der Waals surface area contributed by atoms with Crippen LogP contribution in [-0.2, 0) is 0 Å². The van der Waals surface area contributed by atoms with Crippen LogP contribution in [0, 0.1) is 0 Å². The zero-order valence-electron chi connectivity index (χ0n) is 21.0. The fourth-order valence-electron chi connectivity index (χ4n) is 5.41. The summed E-state index contributed by atoms with van der Waals surface area (Å²) >= 11 is 16.2. The van der Waals surface area contributed by atoms with Crippen LogP contribution in [-0.4, -0.2) is 20.9 Å². The second-order valence-corrected chi connectivity index (χ2v) is 37.9. The van der Waals surface area contributed by atoms with Gasteiger partial charge in [0.05, 0.1) is 7.11 Å². The van der Waals surface area contributed by atoms with Crippen molar-refractivity contribution in [2.24, 2.45) is 0 Å². The first-order valence-corrected chi connectivity index (χ1v) is 24.5. The molecular weight excluding hydrogens is 443 g/mol. The van der Waals surface area contributed by atoms with Crippen molar-refractivity contribution in [2.45, 2.75) is 155 Å². The van der Waals surface area contributed by atoms with Gasteiger partial charge in [-0.15, -0.1) is 0 Å². The summed E-state index contributed by atoms with van der Waals surface area (Å²) in [7, 11) is -1.69. The smallest absolute Gasteiger partial charge is 0.146 e. The molecule has 0 aliphatic rings. The molecule has 0 radical (unpaired) electrons. The molecule has 0 aromatic rings. The van der Waals surface area contributed by atoms with Crippen molar-refractivity contribution >= 4 is 43.1 Å². The summed E-state index contributed by atoms with van der Waals surface area (Å²) in [5.41, 5.74) is 0. The first kappa shape index (κ1) is 30.2. The maximum atomic E-state index is 8.08. The molecule has 0 N–H and O–H groups in total. The fraction of sp³-hybridized carbons (Fsp3) is 1.00. The summed E-state index contributed by atoms with van der Waals surface area (Å²) < 4.78 is 0.